The third kappa shape index (κ3) is 3.15. The summed E-state index contributed by atoms with van der Waals surface area (Å²) >= 11 is 0. The number of H-pyrrole nitrogens is 1. The lowest BCUT2D eigenvalue weighted by Gasteiger charge is -2.06. The summed E-state index contributed by atoms with van der Waals surface area (Å²) in [4.78, 5) is 11.9. The number of nitrogens with one attached hydrogen (secondary N) is 2. The summed E-state index contributed by atoms with van der Waals surface area (Å²) in [7, 11) is 0. The Morgan fingerprint density at radius 2 is 2.26 bits per heavy atom. The molecule has 0 aliphatic rings. The topological polar surface area (TPSA) is 110 Å². The molecule has 0 fully saturated rings. The summed E-state index contributed by atoms with van der Waals surface area (Å²) in [5, 5.41) is 20.1. The second-order valence-corrected chi connectivity index (χ2v) is 4.65. The van der Waals surface area contributed by atoms with E-state index in [0.29, 0.717) is 18.1 Å². The zero-order valence-corrected chi connectivity index (χ0v) is 11.0. The van der Waals surface area contributed by atoms with Crippen LogP contribution in [0.1, 0.15) is 54.7 Å². The van der Waals surface area contributed by atoms with E-state index in [1.807, 2.05) is 20.8 Å². The number of carbonyl (C=O) groups is 1. The fraction of sp³-hybridized carbons (Fsp3) is 0.545. The van der Waals surface area contributed by atoms with Crippen molar-refractivity contribution in [2.24, 2.45) is 0 Å². The Labute approximate surface area is 109 Å². The number of carbonyl (C=O) groups excluding carboxylic acids is 1. The highest BCUT2D eigenvalue weighted by Gasteiger charge is 2.16. The van der Waals surface area contributed by atoms with E-state index in [2.05, 4.69) is 31.1 Å². The zero-order valence-electron chi connectivity index (χ0n) is 11.0. The van der Waals surface area contributed by atoms with E-state index in [0.717, 1.165) is 0 Å². The van der Waals surface area contributed by atoms with Crippen molar-refractivity contribution in [1.82, 2.24) is 31.1 Å². The molecule has 2 aromatic rings. The molecule has 0 saturated heterocycles. The standard InChI is InChI=1S/C11H16N6O2/c1-6(2)9-4-8(15-19-9)11(18)12-5-7(3)10-13-16-17-14-10/h4,6-7H,5H2,1-3H3,(H,12,18)(H,13,14,16,17)/t7-/m1/s1. The van der Waals surface area contributed by atoms with Crippen LogP contribution in [0.25, 0.3) is 0 Å². The molecule has 8 heteroatoms. The zero-order chi connectivity index (χ0) is 13.8. The lowest BCUT2D eigenvalue weighted by Crippen LogP contribution is -2.28. The van der Waals surface area contributed by atoms with Crippen LogP contribution in [-0.2, 0) is 0 Å². The molecule has 0 unspecified atom stereocenters. The maximum absolute atomic E-state index is 11.9. The molecule has 2 heterocycles. The molecule has 102 valence electrons. The first-order valence-electron chi connectivity index (χ1n) is 6.06. The lowest BCUT2D eigenvalue weighted by molar-refractivity contribution is 0.0942. The molecule has 19 heavy (non-hydrogen) atoms. The Hall–Kier alpha value is -2.25. The minimum absolute atomic E-state index is 0.0285. The Kier molecular flexibility index (Phi) is 3.88. The molecule has 2 rings (SSSR count). The third-order valence-electron chi connectivity index (χ3n) is 2.70. The van der Waals surface area contributed by atoms with Gasteiger partial charge in [0.15, 0.2) is 11.5 Å². The predicted molar refractivity (Wildman–Crippen MR) is 65.5 cm³/mol. The van der Waals surface area contributed by atoms with Gasteiger partial charge in [-0.2, -0.15) is 5.21 Å². The smallest absolute Gasteiger partial charge is 0.273 e. The number of hydrogen-bond acceptors (Lipinski definition) is 6. The van der Waals surface area contributed by atoms with Crippen molar-refractivity contribution in [3.8, 4) is 0 Å². The highest BCUT2D eigenvalue weighted by molar-refractivity contribution is 5.92. The van der Waals surface area contributed by atoms with Gasteiger partial charge < -0.3 is 9.84 Å². The van der Waals surface area contributed by atoms with Gasteiger partial charge in [-0.15, -0.1) is 10.2 Å². The van der Waals surface area contributed by atoms with E-state index in [-0.39, 0.29) is 23.4 Å². The molecular formula is C11H16N6O2. The number of tetrazole rings is 1. The average molecular weight is 264 g/mol. The number of rotatable bonds is 5. The van der Waals surface area contributed by atoms with E-state index in [9.17, 15) is 4.79 Å². The second kappa shape index (κ2) is 5.59. The van der Waals surface area contributed by atoms with Crippen molar-refractivity contribution in [3.63, 3.8) is 0 Å². The van der Waals surface area contributed by atoms with Crippen LogP contribution in [0.5, 0.6) is 0 Å². The fourth-order valence-corrected chi connectivity index (χ4v) is 1.47. The number of aromatic nitrogens is 5. The maximum atomic E-state index is 11.9. The second-order valence-electron chi connectivity index (χ2n) is 4.65. The SMILES string of the molecule is CC(C)c1cc(C(=O)NC[C@@H](C)c2nn[nH]n2)no1. The summed E-state index contributed by atoms with van der Waals surface area (Å²) in [6, 6.07) is 1.65. The number of hydrogen-bond donors (Lipinski definition) is 2. The minimum Gasteiger partial charge on any atom is -0.360 e. The van der Waals surface area contributed by atoms with Crippen molar-refractivity contribution in [2.45, 2.75) is 32.6 Å². The maximum Gasteiger partial charge on any atom is 0.273 e. The van der Waals surface area contributed by atoms with Crippen LogP contribution in [0.15, 0.2) is 10.6 Å². The first-order valence-corrected chi connectivity index (χ1v) is 6.06. The summed E-state index contributed by atoms with van der Waals surface area (Å²) < 4.78 is 5.08. The molecule has 2 aromatic heterocycles. The van der Waals surface area contributed by atoms with E-state index in [1.54, 1.807) is 6.07 Å². The highest BCUT2D eigenvalue weighted by atomic mass is 16.5. The summed E-state index contributed by atoms with van der Waals surface area (Å²) in [6.07, 6.45) is 0. The number of nitrogens with zero attached hydrogens (tertiary/aromatic N) is 4. The molecule has 0 aliphatic carbocycles. The summed E-state index contributed by atoms with van der Waals surface area (Å²) in [5.41, 5.74) is 0.281. The van der Waals surface area contributed by atoms with E-state index >= 15 is 0 Å². The normalized spacial score (nSPS) is 12.6. The molecule has 0 aliphatic heterocycles. The first-order chi connectivity index (χ1) is 9.08. The highest BCUT2D eigenvalue weighted by Crippen LogP contribution is 2.15. The molecule has 0 saturated carbocycles. The monoisotopic (exact) mass is 264 g/mol. The van der Waals surface area contributed by atoms with Gasteiger partial charge in [-0.1, -0.05) is 31.1 Å². The fourth-order valence-electron chi connectivity index (χ4n) is 1.47. The number of aromatic amines is 1. The van der Waals surface area contributed by atoms with Crippen LogP contribution in [0.2, 0.25) is 0 Å². The van der Waals surface area contributed by atoms with Gasteiger partial charge >= 0.3 is 0 Å². The largest absolute Gasteiger partial charge is 0.360 e. The van der Waals surface area contributed by atoms with Gasteiger partial charge in [-0.05, 0) is 0 Å². The summed E-state index contributed by atoms with van der Waals surface area (Å²) in [5.74, 6) is 1.15. The van der Waals surface area contributed by atoms with E-state index in [1.165, 1.54) is 0 Å². The van der Waals surface area contributed by atoms with Gasteiger partial charge in [0.25, 0.3) is 5.91 Å². The van der Waals surface area contributed by atoms with Gasteiger partial charge in [0.2, 0.25) is 0 Å². The van der Waals surface area contributed by atoms with Gasteiger partial charge in [0.05, 0.1) is 0 Å². The van der Waals surface area contributed by atoms with Crippen molar-refractivity contribution in [3.05, 3.63) is 23.3 Å². The summed E-state index contributed by atoms with van der Waals surface area (Å²) in [6.45, 7) is 6.25. The van der Waals surface area contributed by atoms with Crippen LogP contribution < -0.4 is 5.32 Å². The molecule has 2 N–H and O–H groups in total. The van der Waals surface area contributed by atoms with Crippen LogP contribution in [0, 0.1) is 0 Å². The van der Waals surface area contributed by atoms with Gasteiger partial charge in [0, 0.05) is 24.4 Å². The molecular weight excluding hydrogens is 248 g/mol. The Balaban J connectivity index is 1.90. The molecule has 1 amide bonds. The molecule has 0 radical (unpaired) electrons. The average Bonchev–Trinajstić information content (AvgIpc) is 3.05. The van der Waals surface area contributed by atoms with Crippen molar-refractivity contribution in [1.29, 1.82) is 0 Å². The molecule has 1 atom stereocenters. The van der Waals surface area contributed by atoms with Gasteiger partial charge in [-0.25, -0.2) is 0 Å². The van der Waals surface area contributed by atoms with Gasteiger partial charge in [0.1, 0.15) is 5.76 Å². The molecule has 0 spiro atoms. The first kappa shape index (κ1) is 13.2. The number of amides is 1. The lowest BCUT2D eigenvalue weighted by atomic mass is 10.1. The quantitative estimate of drug-likeness (QED) is 0.828. The van der Waals surface area contributed by atoms with Crippen LogP contribution in [0.3, 0.4) is 0 Å². The van der Waals surface area contributed by atoms with E-state index in [4.69, 9.17) is 4.52 Å². The Bertz CT molecular complexity index is 533. The van der Waals surface area contributed by atoms with E-state index < -0.39 is 0 Å². The van der Waals surface area contributed by atoms with Gasteiger partial charge in [-0.3, -0.25) is 4.79 Å². The molecule has 0 bridgehead atoms. The van der Waals surface area contributed by atoms with Crippen molar-refractivity contribution in [2.75, 3.05) is 6.54 Å². The van der Waals surface area contributed by atoms with Crippen molar-refractivity contribution >= 4 is 5.91 Å². The Morgan fingerprint density at radius 3 is 2.84 bits per heavy atom. The predicted octanol–water partition coefficient (Wildman–Crippen LogP) is 0.845. The molecule has 0 aromatic carbocycles. The van der Waals surface area contributed by atoms with Crippen LogP contribution >= 0.6 is 0 Å². The van der Waals surface area contributed by atoms with Crippen molar-refractivity contribution < 1.29 is 9.32 Å². The Morgan fingerprint density at radius 1 is 1.47 bits per heavy atom. The van der Waals surface area contributed by atoms with Crippen LogP contribution in [-0.4, -0.2) is 38.2 Å². The molecule has 8 nitrogen and oxygen atoms in total. The third-order valence-corrected chi connectivity index (χ3v) is 2.70. The minimum atomic E-state index is -0.272. The van der Waals surface area contributed by atoms with Crippen LogP contribution in [0.4, 0.5) is 0 Å².